The molecule has 5 nitrogen and oxygen atoms in total. The molecular formula is C22H30N4O. The highest BCUT2D eigenvalue weighted by Gasteiger charge is 2.29. The molecule has 0 saturated carbocycles. The number of carbonyl (C=O) groups is 1. The Hall–Kier alpha value is -2.30. The Morgan fingerprint density at radius 1 is 1.22 bits per heavy atom. The number of anilines is 1. The van der Waals surface area contributed by atoms with E-state index in [2.05, 4.69) is 65.0 Å². The van der Waals surface area contributed by atoms with E-state index in [0.29, 0.717) is 6.54 Å². The molecule has 1 amide bonds. The van der Waals surface area contributed by atoms with Crippen LogP contribution in [0.25, 0.3) is 0 Å². The van der Waals surface area contributed by atoms with Gasteiger partial charge < -0.3 is 10.2 Å². The van der Waals surface area contributed by atoms with Gasteiger partial charge in [-0.05, 0) is 64.5 Å². The summed E-state index contributed by atoms with van der Waals surface area (Å²) in [7, 11) is 0. The maximum absolute atomic E-state index is 12.8. The van der Waals surface area contributed by atoms with Gasteiger partial charge in [0.2, 0.25) is 5.91 Å². The lowest BCUT2D eigenvalue weighted by Gasteiger charge is -2.32. The minimum absolute atomic E-state index is 0.0308. The van der Waals surface area contributed by atoms with E-state index in [4.69, 9.17) is 0 Å². The molecular weight excluding hydrogens is 336 g/mol. The van der Waals surface area contributed by atoms with Gasteiger partial charge in [0.1, 0.15) is 0 Å². The Kier molecular flexibility index (Phi) is 4.70. The largest absolute Gasteiger partial charge is 0.362 e. The maximum atomic E-state index is 12.8. The van der Waals surface area contributed by atoms with E-state index in [1.807, 2.05) is 6.20 Å². The van der Waals surface area contributed by atoms with Crippen LogP contribution in [0.5, 0.6) is 0 Å². The molecule has 0 bridgehead atoms. The predicted molar refractivity (Wildman–Crippen MR) is 108 cm³/mol. The number of rotatable bonds is 3. The van der Waals surface area contributed by atoms with Crippen molar-refractivity contribution in [3.63, 3.8) is 0 Å². The van der Waals surface area contributed by atoms with E-state index >= 15 is 0 Å². The van der Waals surface area contributed by atoms with Gasteiger partial charge in [0.05, 0.1) is 24.3 Å². The Morgan fingerprint density at radius 2 is 2.04 bits per heavy atom. The summed E-state index contributed by atoms with van der Waals surface area (Å²) in [4.78, 5) is 15.0. The van der Waals surface area contributed by atoms with E-state index in [0.717, 1.165) is 38.6 Å². The van der Waals surface area contributed by atoms with Gasteiger partial charge in [-0.2, -0.15) is 5.10 Å². The third kappa shape index (κ3) is 3.60. The highest BCUT2D eigenvalue weighted by Crippen LogP contribution is 2.32. The van der Waals surface area contributed by atoms with E-state index < -0.39 is 0 Å². The molecule has 2 heterocycles. The summed E-state index contributed by atoms with van der Waals surface area (Å²) in [5, 5.41) is 7.91. The first kappa shape index (κ1) is 18.1. The normalized spacial score (nSPS) is 19.4. The van der Waals surface area contributed by atoms with Crippen LogP contribution in [0.4, 0.5) is 5.69 Å². The molecule has 5 heteroatoms. The van der Waals surface area contributed by atoms with Crippen LogP contribution in [0.3, 0.4) is 0 Å². The Bertz CT molecular complexity index is 833. The zero-order chi connectivity index (χ0) is 19.0. The van der Waals surface area contributed by atoms with Gasteiger partial charge in [0, 0.05) is 23.5 Å². The number of nitrogens with one attached hydrogen (secondary N) is 1. The van der Waals surface area contributed by atoms with Crippen molar-refractivity contribution in [3.05, 3.63) is 47.3 Å². The van der Waals surface area contributed by atoms with Crippen molar-refractivity contribution in [2.24, 2.45) is 0 Å². The number of para-hydroxylation sites is 1. The summed E-state index contributed by atoms with van der Waals surface area (Å²) in [6.07, 6.45) is 7.29. The smallest absolute Gasteiger partial charge is 0.240 e. The summed E-state index contributed by atoms with van der Waals surface area (Å²) >= 11 is 0. The average molecular weight is 367 g/mol. The third-order valence-corrected chi connectivity index (χ3v) is 5.69. The maximum Gasteiger partial charge on any atom is 0.240 e. The van der Waals surface area contributed by atoms with Crippen LogP contribution in [0.2, 0.25) is 0 Å². The first-order valence-corrected chi connectivity index (χ1v) is 10.1. The van der Waals surface area contributed by atoms with Crippen molar-refractivity contribution >= 4 is 11.6 Å². The molecule has 4 rings (SSSR count). The molecule has 27 heavy (non-hydrogen) atoms. The van der Waals surface area contributed by atoms with Crippen LogP contribution < -0.4 is 10.2 Å². The van der Waals surface area contributed by atoms with Gasteiger partial charge in [-0.15, -0.1) is 0 Å². The SMILES string of the molecule is CC(C)(C)n1ncc2c1CCC[C@@H]2NC(=O)CN1CCCc2ccccc21. The lowest BCUT2D eigenvalue weighted by molar-refractivity contribution is -0.120. The number of aromatic nitrogens is 2. The average Bonchev–Trinajstić information content (AvgIpc) is 3.07. The summed E-state index contributed by atoms with van der Waals surface area (Å²) in [6.45, 7) is 7.90. The highest BCUT2D eigenvalue weighted by molar-refractivity contribution is 5.82. The molecule has 1 atom stereocenters. The van der Waals surface area contributed by atoms with Gasteiger partial charge >= 0.3 is 0 Å². The van der Waals surface area contributed by atoms with Crippen LogP contribution in [-0.2, 0) is 23.2 Å². The highest BCUT2D eigenvalue weighted by atomic mass is 16.2. The zero-order valence-electron chi connectivity index (χ0n) is 16.7. The van der Waals surface area contributed by atoms with Crippen molar-refractivity contribution in [3.8, 4) is 0 Å². The van der Waals surface area contributed by atoms with Crippen molar-refractivity contribution in [2.45, 2.75) is 64.5 Å². The summed E-state index contributed by atoms with van der Waals surface area (Å²) < 4.78 is 2.13. The molecule has 0 unspecified atom stereocenters. The van der Waals surface area contributed by atoms with Crippen LogP contribution in [-0.4, -0.2) is 28.8 Å². The molecule has 0 spiro atoms. The minimum atomic E-state index is -0.0308. The number of aryl methyl sites for hydroxylation is 1. The van der Waals surface area contributed by atoms with E-state index in [1.54, 1.807) is 0 Å². The van der Waals surface area contributed by atoms with E-state index in [1.165, 1.54) is 22.5 Å². The van der Waals surface area contributed by atoms with Crippen LogP contribution in [0.1, 0.15) is 62.9 Å². The van der Waals surface area contributed by atoms with Gasteiger partial charge in [-0.1, -0.05) is 18.2 Å². The fraction of sp³-hybridized carbons (Fsp3) is 0.545. The van der Waals surface area contributed by atoms with Gasteiger partial charge in [-0.25, -0.2) is 0 Å². The van der Waals surface area contributed by atoms with Gasteiger partial charge in [0.25, 0.3) is 0 Å². The number of fused-ring (bicyclic) bond motifs is 2. The molecule has 1 aromatic carbocycles. The molecule has 1 N–H and O–H groups in total. The molecule has 1 aromatic heterocycles. The van der Waals surface area contributed by atoms with Gasteiger partial charge in [0.15, 0.2) is 0 Å². The molecule has 0 fully saturated rings. The monoisotopic (exact) mass is 366 g/mol. The molecule has 0 radical (unpaired) electrons. The summed E-state index contributed by atoms with van der Waals surface area (Å²) in [5.74, 6) is 0.105. The molecule has 2 aromatic rings. The second kappa shape index (κ2) is 7.02. The lowest BCUT2D eigenvalue weighted by Crippen LogP contribution is -2.41. The van der Waals surface area contributed by atoms with Crippen molar-refractivity contribution in [1.29, 1.82) is 0 Å². The fourth-order valence-corrected chi connectivity index (χ4v) is 4.47. The lowest BCUT2D eigenvalue weighted by atomic mass is 9.92. The van der Waals surface area contributed by atoms with Crippen LogP contribution >= 0.6 is 0 Å². The molecule has 0 saturated heterocycles. The number of amides is 1. The van der Waals surface area contributed by atoms with Crippen molar-refractivity contribution in [1.82, 2.24) is 15.1 Å². The number of benzene rings is 1. The molecule has 1 aliphatic heterocycles. The number of hydrogen-bond acceptors (Lipinski definition) is 3. The second-order valence-electron chi connectivity index (χ2n) is 8.80. The van der Waals surface area contributed by atoms with E-state index in [-0.39, 0.29) is 17.5 Å². The standard InChI is InChI=1S/C22H30N4O/c1-22(2,3)26-20-12-6-10-18(17(20)14-23-26)24-21(27)15-25-13-7-9-16-8-4-5-11-19(16)25/h4-5,8,11,14,18H,6-7,9-10,12-13,15H2,1-3H3,(H,24,27)/t18-/m0/s1. The molecule has 1 aliphatic carbocycles. The van der Waals surface area contributed by atoms with Crippen molar-refractivity contribution in [2.75, 3.05) is 18.0 Å². The molecule has 2 aliphatic rings. The summed E-state index contributed by atoms with van der Waals surface area (Å²) in [5.41, 5.74) is 5.01. The van der Waals surface area contributed by atoms with E-state index in [9.17, 15) is 4.79 Å². The summed E-state index contributed by atoms with van der Waals surface area (Å²) in [6, 6.07) is 8.53. The quantitative estimate of drug-likeness (QED) is 0.903. The Labute approximate surface area is 161 Å². The number of carbonyl (C=O) groups excluding carboxylic acids is 1. The first-order chi connectivity index (χ1) is 12.9. The van der Waals surface area contributed by atoms with Crippen LogP contribution in [0, 0.1) is 0 Å². The Balaban J connectivity index is 1.47. The first-order valence-electron chi connectivity index (χ1n) is 10.1. The topological polar surface area (TPSA) is 50.2 Å². The second-order valence-corrected chi connectivity index (χ2v) is 8.80. The predicted octanol–water partition coefficient (Wildman–Crippen LogP) is 3.58. The number of nitrogens with zero attached hydrogens (tertiary/aromatic N) is 3. The third-order valence-electron chi connectivity index (χ3n) is 5.69. The van der Waals surface area contributed by atoms with Crippen LogP contribution in [0.15, 0.2) is 30.5 Å². The zero-order valence-corrected chi connectivity index (χ0v) is 16.7. The minimum Gasteiger partial charge on any atom is -0.362 e. The Morgan fingerprint density at radius 3 is 2.85 bits per heavy atom. The van der Waals surface area contributed by atoms with Gasteiger partial charge in [-0.3, -0.25) is 9.48 Å². The van der Waals surface area contributed by atoms with Crippen molar-refractivity contribution < 1.29 is 4.79 Å². The fourth-order valence-electron chi connectivity index (χ4n) is 4.47. The molecule has 144 valence electrons. The number of hydrogen-bond donors (Lipinski definition) is 1.